The van der Waals surface area contributed by atoms with Gasteiger partial charge in [-0.05, 0) is 24.1 Å². The van der Waals surface area contributed by atoms with Gasteiger partial charge < -0.3 is 10.2 Å². The maximum atomic E-state index is 12.3. The standard InChI is InChI=1S/C20H22N2O2/c1-14-7-9-16(10-8-14)12-21-20(24)11-17-13-22(15(2)23)19-6-4-3-5-18(17)19/h3-10,17H,11-13H2,1-2H3,(H,21,24). The van der Waals surface area contributed by atoms with E-state index in [2.05, 4.69) is 5.32 Å². The minimum absolute atomic E-state index is 0.0146. The fourth-order valence-corrected chi connectivity index (χ4v) is 3.17. The fourth-order valence-electron chi connectivity index (χ4n) is 3.17. The van der Waals surface area contributed by atoms with E-state index in [1.165, 1.54) is 5.56 Å². The van der Waals surface area contributed by atoms with Crippen LogP contribution in [0.15, 0.2) is 48.5 Å². The Hall–Kier alpha value is -2.62. The summed E-state index contributed by atoms with van der Waals surface area (Å²) < 4.78 is 0. The van der Waals surface area contributed by atoms with Crippen molar-refractivity contribution in [3.05, 3.63) is 65.2 Å². The molecule has 0 bridgehead atoms. The zero-order chi connectivity index (χ0) is 17.1. The van der Waals surface area contributed by atoms with Crippen LogP contribution in [0.4, 0.5) is 5.69 Å². The molecule has 0 aliphatic carbocycles. The van der Waals surface area contributed by atoms with E-state index in [0.29, 0.717) is 19.5 Å². The summed E-state index contributed by atoms with van der Waals surface area (Å²) in [6.07, 6.45) is 0.395. The average molecular weight is 322 g/mol. The zero-order valence-electron chi connectivity index (χ0n) is 14.1. The van der Waals surface area contributed by atoms with E-state index < -0.39 is 0 Å². The van der Waals surface area contributed by atoms with Crippen LogP contribution in [0.2, 0.25) is 0 Å². The van der Waals surface area contributed by atoms with Crippen molar-refractivity contribution in [3.63, 3.8) is 0 Å². The van der Waals surface area contributed by atoms with Crippen LogP contribution in [-0.4, -0.2) is 18.4 Å². The van der Waals surface area contributed by atoms with Crippen LogP contribution in [0.5, 0.6) is 0 Å². The lowest BCUT2D eigenvalue weighted by Crippen LogP contribution is -2.29. The normalized spacial score (nSPS) is 15.9. The van der Waals surface area contributed by atoms with Gasteiger partial charge in [-0.2, -0.15) is 0 Å². The molecule has 2 aromatic carbocycles. The molecule has 1 N–H and O–H groups in total. The highest BCUT2D eigenvalue weighted by Gasteiger charge is 2.31. The van der Waals surface area contributed by atoms with Crippen LogP contribution in [0.1, 0.15) is 36.0 Å². The van der Waals surface area contributed by atoms with Gasteiger partial charge in [0.2, 0.25) is 11.8 Å². The molecule has 1 unspecified atom stereocenters. The van der Waals surface area contributed by atoms with Crippen molar-refractivity contribution in [1.82, 2.24) is 5.32 Å². The largest absolute Gasteiger partial charge is 0.352 e. The molecule has 1 aliphatic rings. The zero-order valence-corrected chi connectivity index (χ0v) is 14.1. The molecule has 1 aliphatic heterocycles. The number of anilines is 1. The number of rotatable bonds is 4. The summed E-state index contributed by atoms with van der Waals surface area (Å²) in [5.74, 6) is 0.0916. The lowest BCUT2D eigenvalue weighted by atomic mass is 9.97. The number of amides is 2. The van der Waals surface area contributed by atoms with E-state index in [4.69, 9.17) is 0 Å². The summed E-state index contributed by atoms with van der Waals surface area (Å²) in [5.41, 5.74) is 4.31. The molecule has 0 fully saturated rings. The van der Waals surface area contributed by atoms with Gasteiger partial charge in [0.15, 0.2) is 0 Å². The predicted molar refractivity (Wildman–Crippen MR) is 94.9 cm³/mol. The van der Waals surface area contributed by atoms with Crippen molar-refractivity contribution >= 4 is 17.5 Å². The highest BCUT2D eigenvalue weighted by atomic mass is 16.2. The number of nitrogens with one attached hydrogen (secondary N) is 1. The maximum Gasteiger partial charge on any atom is 0.223 e. The summed E-state index contributed by atoms with van der Waals surface area (Å²) >= 11 is 0. The number of carbonyl (C=O) groups excluding carboxylic acids is 2. The van der Waals surface area contributed by atoms with Gasteiger partial charge in [0, 0.05) is 38.0 Å². The Morgan fingerprint density at radius 1 is 1.12 bits per heavy atom. The first-order chi connectivity index (χ1) is 11.5. The van der Waals surface area contributed by atoms with Gasteiger partial charge in [0.25, 0.3) is 0 Å². The molecular formula is C20H22N2O2. The first-order valence-electron chi connectivity index (χ1n) is 8.24. The molecule has 24 heavy (non-hydrogen) atoms. The van der Waals surface area contributed by atoms with Crippen molar-refractivity contribution in [2.45, 2.75) is 32.7 Å². The molecule has 0 saturated heterocycles. The number of nitrogens with zero attached hydrogens (tertiary/aromatic N) is 1. The molecule has 3 rings (SSSR count). The van der Waals surface area contributed by atoms with Crippen LogP contribution in [0, 0.1) is 6.92 Å². The summed E-state index contributed by atoms with van der Waals surface area (Å²) in [5, 5.41) is 2.98. The third-order valence-electron chi connectivity index (χ3n) is 4.49. The van der Waals surface area contributed by atoms with Crippen molar-refractivity contribution in [2.24, 2.45) is 0 Å². The minimum Gasteiger partial charge on any atom is -0.352 e. The third kappa shape index (κ3) is 3.48. The van der Waals surface area contributed by atoms with Gasteiger partial charge in [-0.25, -0.2) is 0 Å². The van der Waals surface area contributed by atoms with E-state index >= 15 is 0 Å². The van der Waals surface area contributed by atoms with Crippen molar-refractivity contribution in [1.29, 1.82) is 0 Å². The SMILES string of the molecule is CC(=O)N1CC(CC(=O)NCc2ccc(C)cc2)c2ccccc21. The Bertz CT molecular complexity index is 752. The van der Waals surface area contributed by atoms with Crippen LogP contribution < -0.4 is 10.2 Å². The summed E-state index contributed by atoms with van der Waals surface area (Å²) in [6.45, 7) is 4.72. The van der Waals surface area contributed by atoms with Gasteiger partial charge >= 0.3 is 0 Å². The number of para-hydroxylation sites is 1. The van der Waals surface area contributed by atoms with Crippen molar-refractivity contribution in [3.8, 4) is 0 Å². The van der Waals surface area contributed by atoms with Gasteiger partial charge in [0.1, 0.15) is 0 Å². The molecule has 4 nitrogen and oxygen atoms in total. The lowest BCUT2D eigenvalue weighted by Gasteiger charge is -2.15. The Balaban J connectivity index is 1.62. The number of hydrogen-bond donors (Lipinski definition) is 1. The average Bonchev–Trinajstić information content (AvgIpc) is 2.93. The Morgan fingerprint density at radius 2 is 1.83 bits per heavy atom. The summed E-state index contributed by atoms with van der Waals surface area (Å²) in [6, 6.07) is 16.0. The molecule has 0 radical (unpaired) electrons. The van der Waals surface area contributed by atoms with Crippen LogP contribution in [0.3, 0.4) is 0 Å². The van der Waals surface area contributed by atoms with Gasteiger partial charge in [0.05, 0.1) is 0 Å². The van der Waals surface area contributed by atoms with E-state index in [-0.39, 0.29) is 17.7 Å². The number of benzene rings is 2. The van der Waals surface area contributed by atoms with Crippen molar-refractivity contribution in [2.75, 3.05) is 11.4 Å². The van der Waals surface area contributed by atoms with Crippen LogP contribution in [0.25, 0.3) is 0 Å². The number of hydrogen-bond acceptors (Lipinski definition) is 2. The lowest BCUT2D eigenvalue weighted by molar-refractivity contribution is -0.122. The van der Waals surface area contributed by atoms with Crippen LogP contribution >= 0.6 is 0 Å². The quantitative estimate of drug-likeness (QED) is 0.940. The Morgan fingerprint density at radius 3 is 2.54 bits per heavy atom. The second-order valence-corrected chi connectivity index (χ2v) is 6.35. The van der Waals surface area contributed by atoms with Crippen LogP contribution in [-0.2, 0) is 16.1 Å². The summed E-state index contributed by atoms with van der Waals surface area (Å²) in [7, 11) is 0. The first-order valence-corrected chi connectivity index (χ1v) is 8.24. The first kappa shape index (κ1) is 16.2. The van der Waals surface area contributed by atoms with Crippen molar-refractivity contribution < 1.29 is 9.59 Å². The Labute approximate surface area is 142 Å². The number of fused-ring (bicyclic) bond motifs is 1. The van der Waals surface area contributed by atoms with E-state index in [1.807, 2.05) is 55.5 Å². The summed E-state index contributed by atoms with van der Waals surface area (Å²) in [4.78, 5) is 25.9. The topological polar surface area (TPSA) is 49.4 Å². The van der Waals surface area contributed by atoms with E-state index in [0.717, 1.165) is 16.8 Å². The molecule has 124 valence electrons. The van der Waals surface area contributed by atoms with E-state index in [1.54, 1.807) is 11.8 Å². The molecule has 0 saturated carbocycles. The molecule has 2 aromatic rings. The highest BCUT2D eigenvalue weighted by Crippen LogP contribution is 2.37. The minimum atomic E-state index is 0.0146. The van der Waals surface area contributed by atoms with Gasteiger partial charge in [-0.1, -0.05) is 48.0 Å². The molecule has 4 heteroatoms. The number of aryl methyl sites for hydroxylation is 1. The molecule has 0 aromatic heterocycles. The molecule has 1 atom stereocenters. The van der Waals surface area contributed by atoms with E-state index in [9.17, 15) is 9.59 Å². The second-order valence-electron chi connectivity index (χ2n) is 6.35. The fraction of sp³-hybridized carbons (Fsp3) is 0.300. The Kier molecular flexibility index (Phi) is 4.65. The highest BCUT2D eigenvalue weighted by molar-refractivity contribution is 5.94. The second kappa shape index (κ2) is 6.87. The maximum absolute atomic E-state index is 12.3. The molecular weight excluding hydrogens is 300 g/mol. The van der Waals surface area contributed by atoms with Gasteiger partial charge in [-0.3, -0.25) is 9.59 Å². The molecule has 2 amide bonds. The molecule has 1 heterocycles. The smallest absolute Gasteiger partial charge is 0.223 e. The molecule has 0 spiro atoms. The third-order valence-corrected chi connectivity index (χ3v) is 4.49. The number of carbonyl (C=O) groups is 2. The van der Waals surface area contributed by atoms with Gasteiger partial charge in [-0.15, -0.1) is 0 Å². The monoisotopic (exact) mass is 322 g/mol. The predicted octanol–water partition coefficient (Wildman–Crippen LogP) is 3.15.